The highest BCUT2D eigenvalue weighted by molar-refractivity contribution is 8.00. The number of aliphatic carboxylic acids is 1. The van der Waals surface area contributed by atoms with E-state index in [-0.39, 0.29) is 17.1 Å². The zero-order valence-corrected chi connectivity index (χ0v) is 12.2. The van der Waals surface area contributed by atoms with Crippen LogP contribution in [0.4, 0.5) is 0 Å². The van der Waals surface area contributed by atoms with Crippen LogP contribution >= 0.6 is 23.5 Å². The van der Waals surface area contributed by atoms with Gasteiger partial charge in [-0.15, -0.1) is 10.2 Å². The Labute approximate surface area is 114 Å². The van der Waals surface area contributed by atoms with E-state index in [1.807, 2.05) is 6.26 Å². The monoisotopic (exact) mass is 291 g/mol. The van der Waals surface area contributed by atoms with Crippen molar-refractivity contribution in [2.45, 2.75) is 36.9 Å². The first-order valence-corrected chi connectivity index (χ1v) is 7.53. The van der Waals surface area contributed by atoms with Gasteiger partial charge in [0.1, 0.15) is 6.61 Å². The number of carbonyl (C=O) groups is 1. The highest BCUT2D eigenvalue weighted by Crippen LogP contribution is 2.27. The summed E-state index contributed by atoms with van der Waals surface area (Å²) in [6.45, 7) is 4.57. The van der Waals surface area contributed by atoms with Gasteiger partial charge in [-0.25, -0.2) is 0 Å². The van der Waals surface area contributed by atoms with Gasteiger partial charge in [0.2, 0.25) is 0 Å². The van der Waals surface area contributed by atoms with Crippen LogP contribution in [0.5, 0.6) is 0 Å². The Morgan fingerprint density at radius 1 is 1.44 bits per heavy atom. The van der Waals surface area contributed by atoms with Crippen LogP contribution in [0.25, 0.3) is 0 Å². The molecule has 0 unspecified atom stereocenters. The van der Waals surface area contributed by atoms with Crippen molar-refractivity contribution in [2.75, 3.05) is 12.0 Å². The summed E-state index contributed by atoms with van der Waals surface area (Å²) in [6, 6.07) is 0. The van der Waals surface area contributed by atoms with Crippen molar-refractivity contribution in [3.63, 3.8) is 0 Å². The molecule has 0 aliphatic carbocycles. The standard InChI is InChI=1S/C10H17N3O3S2/c1-10(2,17-3)6-13-7(4-14)11-12-9(13)18-5-8(15)16/h14H,4-6H2,1-3H3,(H,15,16). The van der Waals surface area contributed by atoms with Gasteiger partial charge in [-0.2, -0.15) is 11.8 Å². The Balaban J connectivity index is 2.91. The number of carboxylic acids is 1. The molecule has 0 bridgehead atoms. The molecule has 102 valence electrons. The lowest BCUT2D eigenvalue weighted by Crippen LogP contribution is -2.24. The molecule has 0 aliphatic heterocycles. The maximum Gasteiger partial charge on any atom is 0.313 e. The molecular weight excluding hydrogens is 274 g/mol. The molecule has 0 atom stereocenters. The van der Waals surface area contributed by atoms with Crippen LogP contribution in [0.15, 0.2) is 5.16 Å². The van der Waals surface area contributed by atoms with Crippen LogP contribution in [0, 0.1) is 0 Å². The molecule has 0 saturated heterocycles. The normalized spacial score (nSPS) is 11.8. The highest BCUT2D eigenvalue weighted by Gasteiger charge is 2.22. The van der Waals surface area contributed by atoms with Crippen molar-refractivity contribution in [3.05, 3.63) is 5.82 Å². The van der Waals surface area contributed by atoms with E-state index in [1.54, 1.807) is 16.3 Å². The molecule has 6 nitrogen and oxygen atoms in total. The van der Waals surface area contributed by atoms with Gasteiger partial charge in [-0.05, 0) is 20.1 Å². The summed E-state index contributed by atoms with van der Waals surface area (Å²) in [6.07, 6.45) is 2.01. The second-order valence-electron chi connectivity index (χ2n) is 4.29. The van der Waals surface area contributed by atoms with Crippen LogP contribution in [0.3, 0.4) is 0 Å². The molecule has 1 aromatic heterocycles. The largest absolute Gasteiger partial charge is 0.481 e. The SMILES string of the molecule is CSC(C)(C)Cn1c(CO)nnc1SCC(=O)O. The molecule has 18 heavy (non-hydrogen) atoms. The molecule has 2 N–H and O–H groups in total. The Hall–Kier alpha value is -0.730. The smallest absolute Gasteiger partial charge is 0.313 e. The zero-order chi connectivity index (χ0) is 13.8. The van der Waals surface area contributed by atoms with Crippen LogP contribution in [0.1, 0.15) is 19.7 Å². The fourth-order valence-electron chi connectivity index (χ4n) is 1.27. The van der Waals surface area contributed by atoms with Crippen LogP contribution < -0.4 is 0 Å². The van der Waals surface area contributed by atoms with E-state index in [0.717, 1.165) is 11.8 Å². The summed E-state index contributed by atoms with van der Waals surface area (Å²) in [5.41, 5.74) is 0. The summed E-state index contributed by atoms with van der Waals surface area (Å²) >= 11 is 2.81. The van der Waals surface area contributed by atoms with E-state index in [2.05, 4.69) is 24.0 Å². The molecule has 8 heteroatoms. The molecule has 0 spiro atoms. The van der Waals surface area contributed by atoms with Crippen molar-refractivity contribution < 1.29 is 15.0 Å². The number of rotatable bonds is 7. The topological polar surface area (TPSA) is 88.2 Å². The number of aliphatic hydroxyl groups excluding tert-OH is 1. The minimum atomic E-state index is -0.899. The fourth-order valence-corrected chi connectivity index (χ4v) is 2.21. The predicted octanol–water partition coefficient (Wildman–Crippen LogP) is 1.09. The summed E-state index contributed by atoms with van der Waals surface area (Å²) in [4.78, 5) is 10.6. The van der Waals surface area contributed by atoms with Gasteiger partial charge >= 0.3 is 5.97 Å². The number of carboxylic acid groups (broad SMARTS) is 1. The van der Waals surface area contributed by atoms with Crippen molar-refractivity contribution >= 4 is 29.5 Å². The summed E-state index contributed by atoms with van der Waals surface area (Å²) < 4.78 is 1.74. The highest BCUT2D eigenvalue weighted by atomic mass is 32.2. The Bertz CT molecular complexity index is 421. The Morgan fingerprint density at radius 2 is 2.11 bits per heavy atom. The number of hydrogen-bond acceptors (Lipinski definition) is 6. The van der Waals surface area contributed by atoms with E-state index in [4.69, 9.17) is 5.11 Å². The Kier molecular flexibility index (Phi) is 5.48. The third-order valence-corrected chi connectivity index (χ3v) is 4.54. The lowest BCUT2D eigenvalue weighted by atomic mass is 10.2. The van der Waals surface area contributed by atoms with Gasteiger partial charge in [0.05, 0.1) is 5.75 Å². The van der Waals surface area contributed by atoms with Gasteiger partial charge in [0.25, 0.3) is 0 Å². The molecule has 1 aromatic rings. The molecule has 0 aliphatic rings. The van der Waals surface area contributed by atoms with Crippen LogP contribution in [-0.2, 0) is 17.9 Å². The number of hydrogen-bond donors (Lipinski definition) is 2. The van der Waals surface area contributed by atoms with Crippen LogP contribution in [-0.4, -0.2) is 47.7 Å². The van der Waals surface area contributed by atoms with Gasteiger partial charge in [-0.3, -0.25) is 4.79 Å². The maximum atomic E-state index is 10.6. The average molecular weight is 291 g/mol. The number of nitrogens with zero attached hydrogens (tertiary/aromatic N) is 3. The summed E-state index contributed by atoms with van der Waals surface area (Å²) in [5, 5.41) is 26.2. The van der Waals surface area contributed by atoms with Crippen molar-refractivity contribution in [3.8, 4) is 0 Å². The molecule has 0 radical (unpaired) electrons. The summed E-state index contributed by atoms with van der Waals surface area (Å²) in [7, 11) is 0. The average Bonchev–Trinajstić information content (AvgIpc) is 2.68. The first-order chi connectivity index (χ1) is 8.39. The Morgan fingerprint density at radius 3 is 2.61 bits per heavy atom. The van der Waals surface area contributed by atoms with Crippen molar-refractivity contribution in [2.24, 2.45) is 0 Å². The minimum absolute atomic E-state index is 0.0369. The molecule has 0 saturated carbocycles. The molecule has 1 heterocycles. The number of aliphatic hydroxyl groups is 1. The van der Waals surface area contributed by atoms with Gasteiger partial charge < -0.3 is 14.8 Å². The third kappa shape index (κ3) is 4.18. The first kappa shape index (κ1) is 15.3. The fraction of sp³-hybridized carbons (Fsp3) is 0.700. The maximum absolute atomic E-state index is 10.6. The molecular formula is C10H17N3O3S2. The lowest BCUT2D eigenvalue weighted by Gasteiger charge is -2.23. The third-order valence-electron chi connectivity index (χ3n) is 2.35. The van der Waals surface area contributed by atoms with E-state index in [9.17, 15) is 9.90 Å². The van der Waals surface area contributed by atoms with Crippen LogP contribution in [0.2, 0.25) is 0 Å². The van der Waals surface area contributed by atoms with Gasteiger partial charge in [0.15, 0.2) is 11.0 Å². The second-order valence-corrected chi connectivity index (χ2v) is 6.75. The number of thioether (sulfide) groups is 2. The first-order valence-electron chi connectivity index (χ1n) is 5.32. The summed E-state index contributed by atoms with van der Waals surface area (Å²) in [5.74, 6) is -0.502. The zero-order valence-electron chi connectivity index (χ0n) is 10.6. The quantitative estimate of drug-likeness (QED) is 0.727. The second kappa shape index (κ2) is 6.44. The lowest BCUT2D eigenvalue weighted by molar-refractivity contribution is -0.133. The molecule has 0 amide bonds. The van der Waals surface area contributed by atoms with E-state index in [1.165, 1.54) is 0 Å². The van der Waals surface area contributed by atoms with Gasteiger partial charge in [0, 0.05) is 11.3 Å². The van der Waals surface area contributed by atoms with Crippen molar-refractivity contribution in [1.29, 1.82) is 0 Å². The number of aromatic nitrogens is 3. The van der Waals surface area contributed by atoms with Crippen molar-refractivity contribution in [1.82, 2.24) is 14.8 Å². The predicted molar refractivity (Wildman–Crippen MR) is 71.9 cm³/mol. The van der Waals surface area contributed by atoms with E-state index >= 15 is 0 Å². The molecule has 0 fully saturated rings. The van der Waals surface area contributed by atoms with E-state index in [0.29, 0.717) is 17.5 Å². The van der Waals surface area contributed by atoms with E-state index < -0.39 is 5.97 Å². The molecule has 1 rings (SSSR count). The minimum Gasteiger partial charge on any atom is -0.481 e. The molecule has 0 aromatic carbocycles. The van der Waals surface area contributed by atoms with Gasteiger partial charge in [-0.1, -0.05) is 11.8 Å².